The predicted molar refractivity (Wildman–Crippen MR) is 156 cm³/mol. The highest BCUT2D eigenvalue weighted by molar-refractivity contribution is 5.86. The van der Waals surface area contributed by atoms with Crippen molar-refractivity contribution in [3.63, 3.8) is 0 Å². The summed E-state index contributed by atoms with van der Waals surface area (Å²) in [6.07, 6.45) is 8.25. The summed E-state index contributed by atoms with van der Waals surface area (Å²) in [5, 5.41) is 24.6. The second kappa shape index (κ2) is 9.72. The fourth-order valence-electron chi connectivity index (χ4n) is 6.36. The summed E-state index contributed by atoms with van der Waals surface area (Å²) in [6, 6.07) is 12.8. The normalized spacial score (nSPS) is 22.3. The first-order valence-electron chi connectivity index (χ1n) is 15.4. The van der Waals surface area contributed by atoms with Gasteiger partial charge in [0.1, 0.15) is 11.9 Å². The number of aromatic nitrogens is 4. The minimum Gasteiger partial charge on any atom is -0.481 e. The minimum atomic E-state index is -2.51. The Morgan fingerprint density at radius 3 is 2.56 bits per heavy atom. The lowest BCUT2D eigenvalue weighted by Gasteiger charge is -2.56. The zero-order valence-corrected chi connectivity index (χ0v) is 23.1. The molecule has 8 heterocycles. The van der Waals surface area contributed by atoms with Crippen LogP contribution in [0.25, 0.3) is 16.6 Å². The van der Waals surface area contributed by atoms with Crippen molar-refractivity contribution in [2.24, 2.45) is 5.92 Å². The molecule has 4 saturated heterocycles. The molecule has 0 amide bonds. The number of piperidine rings is 1. The van der Waals surface area contributed by atoms with Crippen molar-refractivity contribution in [2.75, 3.05) is 43.0 Å². The van der Waals surface area contributed by atoms with Crippen molar-refractivity contribution >= 4 is 17.0 Å². The number of rotatable bonds is 7. The molecule has 2 unspecified atom stereocenters. The molecule has 1 N–H and O–H groups in total. The van der Waals surface area contributed by atoms with Gasteiger partial charge in [0.05, 0.1) is 45.9 Å². The van der Waals surface area contributed by atoms with Gasteiger partial charge in [0.15, 0.2) is 0 Å². The Balaban J connectivity index is 1.05. The Morgan fingerprint density at radius 2 is 1.90 bits per heavy atom. The maximum absolute atomic E-state index is 10.4. The maximum atomic E-state index is 10.4. The number of ether oxygens (including phenoxy) is 1. The molecule has 10 nitrogen and oxygen atoms in total. The van der Waals surface area contributed by atoms with E-state index < -0.39 is 12.6 Å². The van der Waals surface area contributed by atoms with Gasteiger partial charge >= 0.3 is 0 Å². The Bertz CT molecular complexity index is 1710. The molecule has 4 fully saturated rings. The molecule has 2 atom stereocenters. The summed E-state index contributed by atoms with van der Waals surface area (Å²) in [5.41, 5.74) is 4.38. The molecule has 210 valence electrons. The van der Waals surface area contributed by atoms with Gasteiger partial charge in [-0.05, 0) is 44.0 Å². The lowest BCUT2D eigenvalue weighted by Crippen LogP contribution is -2.68. The molecular weight excluding hydrogens is 516 g/mol. The first kappa shape index (κ1) is 22.5. The van der Waals surface area contributed by atoms with Crippen molar-refractivity contribution < 1.29 is 14.0 Å². The number of nitriles is 1. The topological polar surface area (TPSA) is 106 Å². The van der Waals surface area contributed by atoms with E-state index in [1.807, 2.05) is 32.3 Å². The molecule has 0 saturated carbocycles. The summed E-state index contributed by atoms with van der Waals surface area (Å²) in [7, 11) is -2.51. The van der Waals surface area contributed by atoms with E-state index >= 15 is 0 Å². The van der Waals surface area contributed by atoms with Crippen LogP contribution in [-0.2, 0) is 6.54 Å². The van der Waals surface area contributed by atoms with Crippen LogP contribution in [0.4, 0.5) is 11.5 Å². The molecule has 41 heavy (non-hydrogen) atoms. The van der Waals surface area contributed by atoms with Gasteiger partial charge < -0.3 is 19.6 Å². The molecule has 0 aliphatic carbocycles. The van der Waals surface area contributed by atoms with E-state index in [0.29, 0.717) is 17.6 Å². The fourth-order valence-corrected chi connectivity index (χ4v) is 6.36. The summed E-state index contributed by atoms with van der Waals surface area (Å²) in [6.45, 7) is 7.71. The number of fused-ring (bicyclic) bond motifs is 3. The second-order valence-electron chi connectivity index (χ2n) is 12.0. The number of hydrogen-bond donors (Lipinski definition) is 1. The summed E-state index contributed by atoms with van der Waals surface area (Å²) < 4.78 is 28.3. The Hall–Kier alpha value is -4.20. The molecule has 4 aromatic rings. The first-order chi connectivity index (χ1) is 20.9. The number of methoxy groups -OCH3 is 1. The number of aliphatic hydroxyl groups is 1. The van der Waals surface area contributed by atoms with Gasteiger partial charge in [-0.25, -0.2) is 14.5 Å². The predicted octanol–water partition coefficient (Wildman–Crippen LogP) is 3.34. The van der Waals surface area contributed by atoms with Crippen LogP contribution in [0, 0.1) is 17.2 Å². The van der Waals surface area contributed by atoms with Gasteiger partial charge in [0.2, 0.25) is 5.88 Å². The molecule has 4 aromatic heterocycles. The average Bonchev–Trinajstić information content (AvgIpc) is 3.37. The van der Waals surface area contributed by atoms with Gasteiger partial charge in [0.25, 0.3) is 0 Å². The largest absolute Gasteiger partial charge is 0.481 e. The van der Waals surface area contributed by atoms with E-state index in [0.717, 1.165) is 72.9 Å². The van der Waals surface area contributed by atoms with Gasteiger partial charge in [-0.3, -0.25) is 4.90 Å². The van der Waals surface area contributed by atoms with Crippen LogP contribution in [0.5, 0.6) is 5.88 Å². The van der Waals surface area contributed by atoms with Crippen LogP contribution in [0.2, 0.25) is 0 Å². The summed E-state index contributed by atoms with van der Waals surface area (Å²) in [5.74, 6) is 1.22. The van der Waals surface area contributed by atoms with Gasteiger partial charge in [0, 0.05) is 80.3 Å². The summed E-state index contributed by atoms with van der Waals surface area (Å²) >= 11 is 0. The smallest absolute Gasteiger partial charge is 0.212 e. The molecule has 0 radical (unpaired) electrons. The molecule has 8 rings (SSSR count). The van der Waals surface area contributed by atoms with E-state index in [1.54, 1.807) is 23.0 Å². The number of hydrogen-bond acceptors (Lipinski definition) is 9. The zero-order valence-electron chi connectivity index (χ0n) is 26.1. The fraction of sp³-hybridized carbons (Fsp3) is 0.419. The standard InChI is InChI=1S/C31H34N8O2/c1-31(2,40)23-15-36(16-23)24-9-27(30-22(10-32)13-35-39(30)19-24)21-5-6-28(33-12-21)37-17-25-8-26(18-37)38(25)14-20-4-7-29(41-3)34-11-20/h4-7,9,11-13,19,23,25-26,40H,8,14-18H2,1-3H3/i3D3. The Kier molecular flexibility index (Phi) is 5.33. The lowest BCUT2D eigenvalue weighted by molar-refractivity contribution is -0.00876. The summed E-state index contributed by atoms with van der Waals surface area (Å²) in [4.78, 5) is 16.0. The highest BCUT2D eigenvalue weighted by atomic mass is 16.5. The highest BCUT2D eigenvalue weighted by Gasteiger charge is 2.44. The highest BCUT2D eigenvalue weighted by Crippen LogP contribution is 2.38. The molecule has 4 aliphatic rings. The van der Waals surface area contributed by atoms with E-state index in [2.05, 4.69) is 49.1 Å². The van der Waals surface area contributed by atoms with E-state index in [4.69, 9.17) is 13.8 Å². The number of piperazine rings is 1. The van der Waals surface area contributed by atoms with Crippen molar-refractivity contribution in [2.45, 2.75) is 44.5 Å². The SMILES string of the molecule is [2H]C([2H])([2H])Oc1ccc(CN2C3CC2CN(c2ccc(-c4cc(N5CC(C(C)(C)O)C5)cn5ncc(C#N)c45)cn2)C3)cn1. The molecule has 0 spiro atoms. The Morgan fingerprint density at radius 1 is 1.07 bits per heavy atom. The second-order valence-corrected chi connectivity index (χ2v) is 12.0. The number of anilines is 2. The number of pyridine rings is 3. The molecule has 4 aliphatic heterocycles. The van der Waals surface area contributed by atoms with Crippen LogP contribution >= 0.6 is 0 Å². The molecule has 0 aromatic carbocycles. The maximum Gasteiger partial charge on any atom is 0.212 e. The third kappa shape index (κ3) is 4.55. The Labute approximate surface area is 243 Å². The van der Waals surface area contributed by atoms with Crippen molar-refractivity contribution in [3.05, 3.63) is 66.2 Å². The third-order valence-corrected chi connectivity index (χ3v) is 8.96. The van der Waals surface area contributed by atoms with Crippen LogP contribution in [0.3, 0.4) is 0 Å². The molecule has 10 heteroatoms. The van der Waals surface area contributed by atoms with E-state index in [1.165, 1.54) is 0 Å². The van der Waals surface area contributed by atoms with Crippen LogP contribution in [-0.4, -0.2) is 80.5 Å². The average molecular weight is 554 g/mol. The van der Waals surface area contributed by atoms with E-state index in [9.17, 15) is 10.4 Å². The third-order valence-electron chi connectivity index (χ3n) is 8.96. The quantitative estimate of drug-likeness (QED) is 0.369. The van der Waals surface area contributed by atoms with Gasteiger partial charge in [-0.2, -0.15) is 10.4 Å². The van der Waals surface area contributed by atoms with Crippen LogP contribution < -0.4 is 14.5 Å². The van der Waals surface area contributed by atoms with Gasteiger partial charge in [-0.1, -0.05) is 6.07 Å². The zero-order chi connectivity index (χ0) is 30.8. The lowest BCUT2D eigenvalue weighted by atomic mass is 9.84. The van der Waals surface area contributed by atoms with E-state index in [-0.39, 0.29) is 11.8 Å². The first-order valence-corrected chi connectivity index (χ1v) is 13.9. The van der Waals surface area contributed by atoms with Crippen LogP contribution in [0.15, 0.2) is 55.1 Å². The monoisotopic (exact) mass is 553 g/mol. The van der Waals surface area contributed by atoms with Crippen molar-refractivity contribution in [3.8, 4) is 23.1 Å². The van der Waals surface area contributed by atoms with Crippen molar-refractivity contribution in [1.29, 1.82) is 5.26 Å². The van der Waals surface area contributed by atoms with Crippen molar-refractivity contribution in [1.82, 2.24) is 24.5 Å². The number of nitrogens with zero attached hydrogens (tertiary/aromatic N) is 8. The van der Waals surface area contributed by atoms with Gasteiger partial charge in [-0.15, -0.1) is 0 Å². The molecule has 2 bridgehead atoms. The van der Waals surface area contributed by atoms with Crippen LogP contribution in [0.1, 0.15) is 35.5 Å². The molecular formula is C31H34N8O2. The minimum absolute atomic E-state index is 0.0997.